The molecule has 0 aromatic carbocycles. The van der Waals surface area contributed by atoms with Crippen LogP contribution in [0.3, 0.4) is 0 Å². The van der Waals surface area contributed by atoms with E-state index in [2.05, 4.69) is 9.78 Å². The summed E-state index contributed by atoms with van der Waals surface area (Å²) in [7, 11) is 0. The quantitative estimate of drug-likeness (QED) is 0.311. The molecule has 0 spiro atoms. The fourth-order valence-corrected chi connectivity index (χ4v) is 0.0745. The van der Waals surface area contributed by atoms with E-state index >= 15 is 0 Å². The number of rotatable bonds is 3. The van der Waals surface area contributed by atoms with Gasteiger partial charge in [0.05, 0.1) is 0 Å². The summed E-state index contributed by atoms with van der Waals surface area (Å²) >= 11 is 0. The second-order valence-corrected chi connectivity index (χ2v) is 0.494. The van der Waals surface area contributed by atoms with Gasteiger partial charge >= 0.3 is 0 Å². The van der Waals surface area contributed by atoms with Crippen molar-refractivity contribution < 1.29 is 20.0 Å². The van der Waals surface area contributed by atoms with Crippen LogP contribution in [0.25, 0.3) is 0 Å². The van der Waals surface area contributed by atoms with Crippen LogP contribution in [0.5, 0.6) is 0 Å². The molecule has 0 aromatic rings. The van der Waals surface area contributed by atoms with Gasteiger partial charge in [-0.25, -0.2) is 9.78 Å². The Balaban J connectivity index is -0.00000000833. The molecule has 12 heavy (non-hydrogen) atoms. The smallest absolute Gasteiger partial charge is 0.178 e. The van der Waals surface area contributed by atoms with Gasteiger partial charge in [0.2, 0.25) is 0 Å². The first kappa shape index (κ1) is 59.4. The second-order valence-electron chi connectivity index (χ2n) is 0.494. The van der Waals surface area contributed by atoms with Gasteiger partial charge in [-0.1, -0.05) is 44.6 Å². The predicted molar refractivity (Wildman–Crippen MR) is 56.7 cm³/mol. The molecular formula is C8H30O4. The zero-order valence-electron chi connectivity index (χ0n) is 3.13. The monoisotopic (exact) mass is 190 g/mol. The Bertz CT molecular complexity index is 23.0. The van der Waals surface area contributed by atoms with Crippen LogP contribution in [0.2, 0.25) is 0 Å². The van der Waals surface area contributed by atoms with Crippen LogP contribution in [-0.2, 0) is 9.78 Å². The van der Waals surface area contributed by atoms with E-state index in [1.54, 1.807) is 0 Å². The minimum absolute atomic E-state index is 0. The molecule has 86 valence electrons. The summed E-state index contributed by atoms with van der Waals surface area (Å²) in [5, 5.41) is 15.5. The molecular weight excluding hydrogens is 160 g/mol. The number of aliphatic hydroxyl groups excluding tert-OH is 2. The van der Waals surface area contributed by atoms with Crippen molar-refractivity contribution in [2.45, 2.75) is 44.6 Å². The van der Waals surface area contributed by atoms with E-state index in [4.69, 9.17) is 10.2 Å². The molecule has 0 bridgehead atoms. The van der Waals surface area contributed by atoms with Crippen LogP contribution in [-0.4, -0.2) is 23.8 Å². The number of aliphatic hydroxyl groups is 2. The molecule has 0 unspecified atom stereocenters. The molecule has 4 nitrogen and oxygen atoms in total. The fourth-order valence-electron chi connectivity index (χ4n) is 0.0745. The first-order valence-electron chi connectivity index (χ1n) is 1.38. The van der Waals surface area contributed by atoms with E-state index in [1.165, 1.54) is 0 Å². The van der Waals surface area contributed by atoms with E-state index in [0.29, 0.717) is 0 Å². The minimum Gasteiger partial charge on any atom is -0.368 e. The Kier molecular flexibility index (Phi) is 352. The fraction of sp³-hybridized carbons (Fsp3) is 1.00. The van der Waals surface area contributed by atoms with Crippen LogP contribution in [0.4, 0.5) is 0 Å². The molecule has 0 saturated carbocycles. The van der Waals surface area contributed by atoms with Crippen molar-refractivity contribution in [3.63, 3.8) is 0 Å². The molecule has 0 aromatic heterocycles. The molecule has 0 radical (unpaired) electrons. The zero-order chi connectivity index (χ0) is 4.83. The van der Waals surface area contributed by atoms with Gasteiger partial charge in [-0.3, -0.25) is 0 Å². The maximum absolute atomic E-state index is 7.74. The first-order chi connectivity index (χ1) is 2.91. The van der Waals surface area contributed by atoms with Crippen molar-refractivity contribution in [2.24, 2.45) is 0 Å². The summed E-state index contributed by atoms with van der Waals surface area (Å²) in [4.78, 5) is 7.58. The van der Waals surface area contributed by atoms with Crippen molar-refractivity contribution >= 4 is 0 Å². The molecule has 0 heterocycles. The van der Waals surface area contributed by atoms with E-state index < -0.39 is 13.6 Å². The lowest BCUT2D eigenvalue weighted by molar-refractivity contribution is -0.356. The van der Waals surface area contributed by atoms with Gasteiger partial charge in [0.25, 0.3) is 0 Å². The topological polar surface area (TPSA) is 58.9 Å². The lowest BCUT2D eigenvalue weighted by atomic mass is 11.5. The molecule has 2 N–H and O–H groups in total. The van der Waals surface area contributed by atoms with Crippen LogP contribution in [0, 0.1) is 0 Å². The summed E-state index contributed by atoms with van der Waals surface area (Å²) in [6, 6.07) is 0. The Morgan fingerprint density at radius 1 is 0.583 bits per heavy atom. The van der Waals surface area contributed by atoms with Gasteiger partial charge in [-0.2, -0.15) is 0 Å². The Hall–Kier alpha value is -0.160. The largest absolute Gasteiger partial charge is 0.368 e. The third kappa shape index (κ3) is 95.3. The Labute approximate surface area is 79.1 Å². The molecule has 0 fully saturated rings. The van der Waals surface area contributed by atoms with Crippen LogP contribution >= 0.6 is 0 Å². The highest BCUT2D eigenvalue weighted by atomic mass is 17.2. The second kappa shape index (κ2) is 71.2. The molecule has 0 atom stereocenters. The van der Waals surface area contributed by atoms with Gasteiger partial charge in [-0.05, 0) is 0 Å². The highest BCUT2D eigenvalue weighted by molar-refractivity contribution is 3.72. The third-order valence-corrected chi connectivity index (χ3v) is 0.189. The maximum atomic E-state index is 7.74. The van der Waals surface area contributed by atoms with Crippen molar-refractivity contribution in [3.05, 3.63) is 0 Å². The van der Waals surface area contributed by atoms with Crippen LogP contribution < -0.4 is 0 Å². The highest BCUT2D eigenvalue weighted by Crippen LogP contribution is 1.67. The van der Waals surface area contributed by atoms with Gasteiger partial charge < -0.3 is 10.2 Å². The number of hydrogen-bond donors (Lipinski definition) is 2. The van der Waals surface area contributed by atoms with Crippen molar-refractivity contribution in [3.8, 4) is 0 Å². The normalized spacial score (nSPS) is 4.50. The van der Waals surface area contributed by atoms with Crippen LogP contribution in [0.1, 0.15) is 44.6 Å². The highest BCUT2D eigenvalue weighted by Gasteiger charge is 1.73. The van der Waals surface area contributed by atoms with Crippen molar-refractivity contribution in [1.29, 1.82) is 0 Å². The van der Waals surface area contributed by atoms with Crippen molar-refractivity contribution in [1.82, 2.24) is 0 Å². The Morgan fingerprint density at radius 3 is 0.833 bits per heavy atom. The first-order valence-corrected chi connectivity index (χ1v) is 1.38. The molecule has 0 amide bonds. The molecule has 0 aliphatic heterocycles. The molecule has 4 heteroatoms. The lowest BCUT2D eigenvalue weighted by Gasteiger charge is -1.90. The third-order valence-electron chi connectivity index (χ3n) is 0.189. The molecule has 0 saturated heterocycles. The standard InChI is InChI=1S/C2H6O4.6CH4/c3-1-5-6-2-4;;;;;;/h3-4H,1-2H2;6*1H4. The lowest BCUT2D eigenvalue weighted by Crippen LogP contribution is -1.95. The SMILES string of the molecule is C.C.C.C.C.C.OCOOCO. The molecule has 0 aliphatic rings. The number of hydrogen-bond acceptors (Lipinski definition) is 4. The van der Waals surface area contributed by atoms with E-state index in [9.17, 15) is 0 Å². The summed E-state index contributed by atoms with van der Waals surface area (Å²) in [5.41, 5.74) is 0. The predicted octanol–water partition coefficient (Wildman–Crippen LogP) is 2.65. The molecule has 0 rings (SSSR count). The maximum Gasteiger partial charge on any atom is 0.178 e. The van der Waals surface area contributed by atoms with Gasteiger partial charge in [-0.15, -0.1) is 0 Å². The summed E-state index contributed by atoms with van der Waals surface area (Å²) < 4.78 is 0. The summed E-state index contributed by atoms with van der Waals surface area (Å²) in [6.45, 7) is -1.05. The van der Waals surface area contributed by atoms with Crippen molar-refractivity contribution in [2.75, 3.05) is 13.6 Å². The summed E-state index contributed by atoms with van der Waals surface area (Å²) in [5.74, 6) is 0. The summed E-state index contributed by atoms with van der Waals surface area (Å²) in [6.07, 6.45) is 0. The average Bonchev–Trinajstić information content (AvgIpc) is 1.61. The zero-order valence-corrected chi connectivity index (χ0v) is 3.13. The van der Waals surface area contributed by atoms with E-state index in [0.717, 1.165) is 0 Å². The van der Waals surface area contributed by atoms with Gasteiger partial charge in [0.15, 0.2) is 13.6 Å². The van der Waals surface area contributed by atoms with E-state index in [-0.39, 0.29) is 44.6 Å². The molecule has 0 aliphatic carbocycles. The van der Waals surface area contributed by atoms with E-state index in [1.807, 2.05) is 0 Å². The van der Waals surface area contributed by atoms with Gasteiger partial charge in [0.1, 0.15) is 0 Å². The Morgan fingerprint density at radius 2 is 0.750 bits per heavy atom. The van der Waals surface area contributed by atoms with Crippen LogP contribution in [0.15, 0.2) is 0 Å². The minimum atomic E-state index is -0.527. The average molecular weight is 190 g/mol. The van der Waals surface area contributed by atoms with Gasteiger partial charge in [0, 0.05) is 0 Å².